The van der Waals surface area contributed by atoms with Crippen molar-refractivity contribution in [2.45, 2.75) is 4.90 Å². The van der Waals surface area contributed by atoms with Crippen molar-refractivity contribution in [3.63, 3.8) is 0 Å². The summed E-state index contributed by atoms with van der Waals surface area (Å²) in [6, 6.07) is 13.6. The summed E-state index contributed by atoms with van der Waals surface area (Å²) in [5, 5.41) is 34.2. The molecule has 0 bridgehead atoms. The van der Waals surface area contributed by atoms with Crippen LogP contribution in [0.15, 0.2) is 71.1 Å². The summed E-state index contributed by atoms with van der Waals surface area (Å²) < 4.78 is 40.8. The Hall–Kier alpha value is -5.49. The van der Waals surface area contributed by atoms with Crippen LogP contribution in [0.5, 0.6) is 17.2 Å². The van der Waals surface area contributed by atoms with E-state index in [4.69, 9.17) is 13.7 Å². The third kappa shape index (κ3) is 6.45. The fourth-order valence-corrected chi connectivity index (χ4v) is 4.35. The number of non-ortho nitro benzene ring substituents is 1. The summed E-state index contributed by atoms with van der Waals surface area (Å²) in [5.41, 5.74) is -1.23. The first kappa shape index (κ1) is 28.1. The molecule has 0 spiro atoms. The number of methoxy groups -OCH3 is 2. The minimum Gasteiger partial charge on any atom is -0.495 e. The lowest BCUT2D eigenvalue weighted by Crippen LogP contribution is -2.14. The molecule has 0 atom stereocenters. The van der Waals surface area contributed by atoms with Crippen molar-refractivity contribution in [3.8, 4) is 23.3 Å². The van der Waals surface area contributed by atoms with Crippen molar-refractivity contribution in [1.82, 2.24) is 0 Å². The first-order valence-corrected chi connectivity index (χ1v) is 12.0. The van der Waals surface area contributed by atoms with Gasteiger partial charge in [0.05, 0.1) is 29.8 Å². The van der Waals surface area contributed by atoms with E-state index in [-0.39, 0.29) is 34.2 Å². The van der Waals surface area contributed by atoms with Crippen LogP contribution in [0, 0.1) is 31.6 Å². The zero-order chi connectivity index (χ0) is 28.7. The lowest BCUT2D eigenvalue weighted by molar-refractivity contribution is -0.387. The lowest BCUT2D eigenvalue weighted by Gasteiger charge is -2.12. The molecule has 15 heteroatoms. The van der Waals surface area contributed by atoms with Crippen LogP contribution in [0.3, 0.4) is 0 Å². The number of para-hydroxylation sites is 1. The van der Waals surface area contributed by atoms with Gasteiger partial charge in [-0.05, 0) is 35.9 Å². The molecule has 0 fully saturated rings. The smallest absolute Gasteiger partial charge is 0.346 e. The van der Waals surface area contributed by atoms with Gasteiger partial charge < -0.3 is 19.0 Å². The van der Waals surface area contributed by atoms with Crippen LogP contribution in [-0.4, -0.2) is 38.4 Å². The molecule has 0 heterocycles. The van der Waals surface area contributed by atoms with E-state index in [1.54, 1.807) is 6.07 Å². The largest absolute Gasteiger partial charge is 0.495 e. The van der Waals surface area contributed by atoms with Gasteiger partial charge >= 0.3 is 10.1 Å². The molecular formula is C24H18N4O10S. The average Bonchev–Trinajstić information content (AvgIpc) is 2.91. The third-order valence-corrected chi connectivity index (χ3v) is 6.32. The van der Waals surface area contributed by atoms with E-state index in [1.807, 2.05) is 0 Å². The van der Waals surface area contributed by atoms with Crippen molar-refractivity contribution < 1.29 is 36.7 Å². The number of anilines is 1. The molecule has 1 amide bonds. The number of ether oxygens (including phenoxy) is 2. The molecule has 0 radical (unpaired) electrons. The van der Waals surface area contributed by atoms with Crippen LogP contribution in [0.4, 0.5) is 17.1 Å². The minimum absolute atomic E-state index is 0.0422. The Morgan fingerprint density at radius 1 is 0.949 bits per heavy atom. The molecule has 0 unspecified atom stereocenters. The van der Waals surface area contributed by atoms with Crippen LogP contribution < -0.4 is 19.0 Å². The van der Waals surface area contributed by atoms with Crippen molar-refractivity contribution in [1.29, 1.82) is 5.26 Å². The van der Waals surface area contributed by atoms with Gasteiger partial charge in [0.25, 0.3) is 17.3 Å². The summed E-state index contributed by atoms with van der Waals surface area (Å²) in [7, 11) is -2.14. The molecule has 0 saturated carbocycles. The number of nitrogens with zero attached hydrogens (tertiary/aromatic N) is 3. The second-order valence-corrected chi connectivity index (χ2v) is 8.95. The molecule has 1 N–H and O–H groups in total. The highest BCUT2D eigenvalue weighted by Crippen LogP contribution is 2.34. The second-order valence-electron chi connectivity index (χ2n) is 7.44. The summed E-state index contributed by atoms with van der Waals surface area (Å²) in [4.78, 5) is 32.8. The molecule has 0 saturated heterocycles. The number of hydrogen-bond donors (Lipinski definition) is 1. The van der Waals surface area contributed by atoms with Crippen LogP contribution in [0.1, 0.15) is 5.56 Å². The molecule has 0 aliphatic carbocycles. The summed E-state index contributed by atoms with van der Waals surface area (Å²) in [6.07, 6.45) is 1.15. The zero-order valence-electron chi connectivity index (χ0n) is 20.2. The predicted octanol–water partition coefficient (Wildman–Crippen LogP) is 3.83. The van der Waals surface area contributed by atoms with E-state index in [9.17, 15) is 38.7 Å². The minimum atomic E-state index is -4.64. The molecule has 3 aromatic rings. The molecular weight excluding hydrogens is 536 g/mol. The maximum absolute atomic E-state index is 12.7. The SMILES string of the molecule is COc1ccc([N+](=O)[O-])cc1NC(=O)/C(C#N)=C/c1ccc(OS(=O)(=O)c2ccccc2[N+](=O)[O-])c(OC)c1. The number of carbonyl (C=O) groups is 1. The second kappa shape index (κ2) is 11.7. The quantitative estimate of drug-likeness (QED) is 0.125. The Balaban J connectivity index is 1.91. The van der Waals surface area contributed by atoms with Crippen LogP contribution in [0.25, 0.3) is 6.08 Å². The van der Waals surface area contributed by atoms with Gasteiger partial charge in [-0.2, -0.15) is 13.7 Å². The predicted molar refractivity (Wildman–Crippen MR) is 136 cm³/mol. The highest BCUT2D eigenvalue weighted by Gasteiger charge is 2.28. The number of benzene rings is 3. The number of carbonyl (C=O) groups excluding carboxylic acids is 1. The molecule has 0 aromatic heterocycles. The average molecular weight is 554 g/mol. The Morgan fingerprint density at radius 2 is 1.62 bits per heavy atom. The van der Waals surface area contributed by atoms with E-state index in [2.05, 4.69) is 5.32 Å². The molecule has 39 heavy (non-hydrogen) atoms. The molecule has 0 aliphatic heterocycles. The van der Waals surface area contributed by atoms with E-state index in [1.165, 1.54) is 56.7 Å². The van der Waals surface area contributed by atoms with Crippen molar-refractivity contribution in [2.24, 2.45) is 0 Å². The van der Waals surface area contributed by atoms with Crippen molar-refractivity contribution in [2.75, 3.05) is 19.5 Å². The first-order valence-electron chi connectivity index (χ1n) is 10.6. The highest BCUT2D eigenvalue weighted by atomic mass is 32.2. The van der Waals surface area contributed by atoms with Gasteiger partial charge in [0.15, 0.2) is 16.4 Å². The van der Waals surface area contributed by atoms with E-state index >= 15 is 0 Å². The molecule has 3 rings (SSSR count). The number of nitrogens with one attached hydrogen (secondary N) is 1. The number of nitriles is 1. The number of hydrogen-bond acceptors (Lipinski definition) is 11. The molecule has 200 valence electrons. The van der Waals surface area contributed by atoms with Gasteiger partial charge in [0, 0.05) is 18.2 Å². The first-order chi connectivity index (χ1) is 18.5. The maximum Gasteiger partial charge on any atom is 0.346 e. The van der Waals surface area contributed by atoms with Gasteiger partial charge in [-0.1, -0.05) is 18.2 Å². The van der Waals surface area contributed by atoms with Crippen LogP contribution in [-0.2, 0) is 14.9 Å². The Kier molecular flexibility index (Phi) is 8.43. The van der Waals surface area contributed by atoms with E-state index in [0.717, 1.165) is 24.3 Å². The number of nitro benzene ring substituents is 2. The standard InChI is InChI=1S/C24H18N4O10S/c1-36-20-10-8-17(27(30)31)13-18(20)26-24(29)16(14-25)11-15-7-9-21(22(12-15)37-2)38-39(34,35)23-6-4-3-5-19(23)28(32)33/h3-13H,1-2H3,(H,26,29)/b16-11+. The molecule has 14 nitrogen and oxygen atoms in total. The zero-order valence-corrected chi connectivity index (χ0v) is 21.0. The van der Waals surface area contributed by atoms with Gasteiger partial charge in [-0.3, -0.25) is 25.0 Å². The number of rotatable bonds is 10. The van der Waals surface area contributed by atoms with E-state index < -0.39 is 42.0 Å². The van der Waals surface area contributed by atoms with Gasteiger partial charge in [0.2, 0.25) is 0 Å². The Morgan fingerprint density at radius 3 is 2.23 bits per heavy atom. The monoisotopic (exact) mass is 554 g/mol. The summed E-state index contributed by atoms with van der Waals surface area (Å²) >= 11 is 0. The van der Waals surface area contributed by atoms with E-state index in [0.29, 0.717) is 0 Å². The highest BCUT2D eigenvalue weighted by molar-refractivity contribution is 7.87. The topological polar surface area (TPSA) is 201 Å². The Bertz CT molecular complexity index is 1640. The van der Waals surface area contributed by atoms with Crippen molar-refractivity contribution >= 4 is 39.2 Å². The summed E-state index contributed by atoms with van der Waals surface area (Å²) in [5.74, 6) is -1.22. The fraction of sp³-hybridized carbons (Fsp3) is 0.0833. The van der Waals surface area contributed by atoms with Gasteiger partial charge in [-0.15, -0.1) is 0 Å². The normalized spacial score (nSPS) is 11.2. The summed E-state index contributed by atoms with van der Waals surface area (Å²) in [6.45, 7) is 0. The molecule has 0 aliphatic rings. The fourth-order valence-electron chi connectivity index (χ4n) is 3.24. The third-order valence-electron chi connectivity index (χ3n) is 5.04. The van der Waals surface area contributed by atoms with Gasteiger partial charge in [0.1, 0.15) is 17.4 Å². The maximum atomic E-state index is 12.7. The van der Waals surface area contributed by atoms with Crippen LogP contribution >= 0.6 is 0 Å². The lowest BCUT2D eigenvalue weighted by atomic mass is 10.1. The number of amides is 1. The van der Waals surface area contributed by atoms with Crippen LogP contribution in [0.2, 0.25) is 0 Å². The molecule has 3 aromatic carbocycles. The Labute approximate surface area is 221 Å². The number of nitro groups is 2. The van der Waals surface area contributed by atoms with Gasteiger partial charge in [-0.25, -0.2) is 0 Å². The van der Waals surface area contributed by atoms with Crippen molar-refractivity contribution in [3.05, 3.63) is 92.0 Å².